The predicted octanol–water partition coefficient (Wildman–Crippen LogP) is 8.27. The summed E-state index contributed by atoms with van der Waals surface area (Å²) in [6, 6.07) is 11.8. The van der Waals surface area contributed by atoms with Gasteiger partial charge in [-0.1, -0.05) is 53.2 Å². The normalized spacial score (nSPS) is 30.5. The van der Waals surface area contributed by atoms with E-state index in [-0.39, 0.29) is 11.3 Å². The van der Waals surface area contributed by atoms with Gasteiger partial charge in [-0.05, 0) is 111 Å². The molecule has 35 heavy (non-hydrogen) atoms. The number of nitrogens with zero attached hydrogens (tertiary/aromatic N) is 1. The monoisotopic (exact) mass is 543 g/mol. The van der Waals surface area contributed by atoms with Crippen LogP contribution in [0, 0.1) is 17.8 Å². The number of anilines is 1. The molecule has 0 radical (unpaired) electrons. The standard InChI is InChI=1S/C28H27Cl2NO2S2/c1-2-33-24-6-3-20(28-13-16-7-17(14-28)9-18(8-16)15-28)10-19(24)11-25-26(32)31(27(34)35-25)21-4-5-22(29)23(30)12-21/h3-6,10-12,16-18H,2,7-9,13-15H2,1H3/b25-11-. The molecule has 182 valence electrons. The smallest absolute Gasteiger partial charge is 0.270 e. The van der Waals surface area contributed by atoms with Crippen molar-refractivity contribution in [2.24, 2.45) is 17.8 Å². The van der Waals surface area contributed by atoms with E-state index in [1.807, 2.05) is 13.0 Å². The fourth-order valence-corrected chi connectivity index (χ4v) is 8.78. The van der Waals surface area contributed by atoms with Crippen molar-refractivity contribution >= 4 is 69.2 Å². The Balaban J connectivity index is 1.36. The topological polar surface area (TPSA) is 29.5 Å². The summed E-state index contributed by atoms with van der Waals surface area (Å²) in [5.41, 5.74) is 3.26. The van der Waals surface area contributed by atoms with Crippen LogP contribution in [0.3, 0.4) is 0 Å². The van der Waals surface area contributed by atoms with Gasteiger partial charge in [-0.25, -0.2) is 0 Å². The van der Waals surface area contributed by atoms with E-state index in [0.717, 1.165) is 29.1 Å². The number of hydrogen-bond acceptors (Lipinski definition) is 4. The highest BCUT2D eigenvalue weighted by molar-refractivity contribution is 8.27. The van der Waals surface area contributed by atoms with Gasteiger partial charge in [0.1, 0.15) is 5.75 Å². The zero-order valence-corrected chi connectivity index (χ0v) is 22.7. The quantitative estimate of drug-likeness (QED) is 0.280. The van der Waals surface area contributed by atoms with Crippen molar-refractivity contribution in [3.05, 3.63) is 62.5 Å². The number of rotatable bonds is 5. The maximum Gasteiger partial charge on any atom is 0.270 e. The van der Waals surface area contributed by atoms with Crippen LogP contribution in [0.15, 0.2) is 41.3 Å². The SMILES string of the molecule is CCOc1ccc(C23CC4CC(CC(C4)C2)C3)cc1/C=C1\SC(=S)N(c2ccc(Cl)c(Cl)c2)C1=O. The maximum atomic E-state index is 13.4. The molecule has 5 fully saturated rings. The molecule has 0 atom stereocenters. The maximum absolute atomic E-state index is 13.4. The first-order valence-corrected chi connectivity index (χ1v) is 14.3. The Kier molecular flexibility index (Phi) is 6.19. The molecule has 2 aromatic carbocycles. The lowest BCUT2D eigenvalue weighted by Crippen LogP contribution is -2.48. The van der Waals surface area contributed by atoms with Gasteiger partial charge in [0.25, 0.3) is 5.91 Å². The number of ether oxygens (including phenoxy) is 1. The van der Waals surface area contributed by atoms with Crippen molar-refractivity contribution in [2.75, 3.05) is 11.5 Å². The summed E-state index contributed by atoms with van der Waals surface area (Å²) >= 11 is 19.2. The third kappa shape index (κ3) is 4.22. The molecule has 4 bridgehead atoms. The van der Waals surface area contributed by atoms with Crippen molar-refractivity contribution < 1.29 is 9.53 Å². The zero-order valence-electron chi connectivity index (χ0n) is 19.6. The Morgan fingerprint density at radius 1 is 1.06 bits per heavy atom. The molecule has 2 aromatic rings. The number of carbonyl (C=O) groups is 1. The van der Waals surface area contributed by atoms with Crippen molar-refractivity contribution in [2.45, 2.75) is 50.9 Å². The summed E-state index contributed by atoms with van der Waals surface area (Å²) in [6.45, 7) is 2.56. The average molecular weight is 545 g/mol. The third-order valence-corrected chi connectivity index (χ3v) is 10.2. The molecule has 1 aliphatic heterocycles. The number of halogens is 2. The van der Waals surface area contributed by atoms with Crippen molar-refractivity contribution in [1.29, 1.82) is 0 Å². The Hall–Kier alpha value is -1.53. The lowest BCUT2D eigenvalue weighted by Gasteiger charge is -2.57. The summed E-state index contributed by atoms with van der Waals surface area (Å²) in [4.78, 5) is 15.5. The first-order chi connectivity index (χ1) is 16.8. The Bertz CT molecular complexity index is 1220. The number of hydrogen-bond donors (Lipinski definition) is 0. The van der Waals surface area contributed by atoms with Gasteiger partial charge in [-0.15, -0.1) is 0 Å². The molecule has 1 saturated heterocycles. The van der Waals surface area contributed by atoms with Gasteiger partial charge in [0, 0.05) is 5.56 Å². The van der Waals surface area contributed by atoms with E-state index >= 15 is 0 Å². The molecule has 7 rings (SSSR count). The van der Waals surface area contributed by atoms with E-state index in [9.17, 15) is 4.79 Å². The molecule has 0 aromatic heterocycles. The van der Waals surface area contributed by atoms with Gasteiger partial charge < -0.3 is 4.74 Å². The van der Waals surface area contributed by atoms with Crippen LogP contribution < -0.4 is 9.64 Å². The van der Waals surface area contributed by atoms with E-state index in [1.165, 1.54) is 60.8 Å². The fourth-order valence-electron chi connectivity index (χ4n) is 7.20. The van der Waals surface area contributed by atoms with Crippen LogP contribution in [-0.4, -0.2) is 16.8 Å². The van der Waals surface area contributed by atoms with E-state index in [0.29, 0.717) is 31.6 Å². The minimum Gasteiger partial charge on any atom is -0.493 e. The first kappa shape index (κ1) is 23.8. The largest absolute Gasteiger partial charge is 0.493 e. The summed E-state index contributed by atoms with van der Waals surface area (Å²) in [5.74, 6) is 3.28. The number of thioether (sulfide) groups is 1. The van der Waals surface area contributed by atoms with E-state index < -0.39 is 0 Å². The molecule has 7 heteroatoms. The average Bonchev–Trinajstić information content (AvgIpc) is 3.09. The summed E-state index contributed by atoms with van der Waals surface area (Å²) < 4.78 is 6.46. The molecular formula is C28H27Cl2NO2S2. The highest BCUT2D eigenvalue weighted by Gasteiger charge is 2.51. The number of thiocarbonyl (C=S) groups is 1. The Labute approximate surface area is 226 Å². The van der Waals surface area contributed by atoms with Gasteiger partial charge in [0.2, 0.25) is 0 Å². The van der Waals surface area contributed by atoms with Gasteiger partial charge in [-0.2, -0.15) is 0 Å². The molecule has 1 heterocycles. The highest BCUT2D eigenvalue weighted by Crippen LogP contribution is 2.61. The molecule has 0 N–H and O–H groups in total. The van der Waals surface area contributed by atoms with E-state index in [4.69, 9.17) is 40.2 Å². The zero-order chi connectivity index (χ0) is 24.3. The second-order valence-electron chi connectivity index (χ2n) is 10.5. The van der Waals surface area contributed by atoms with E-state index in [2.05, 4.69) is 18.2 Å². The molecular weight excluding hydrogens is 517 g/mol. The molecule has 4 saturated carbocycles. The van der Waals surface area contributed by atoms with Gasteiger partial charge >= 0.3 is 0 Å². The number of carbonyl (C=O) groups excluding carboxylic acids is 1. The van der Waals surface area contributed by atoms with Gasteiger partial charge in [0.15, 0.2) is 4.32 Å². The summed E-state index contributed by atoms with van der Waals surface area (Å²) in [6.07, 6.45) is 10.1. The molecule has 5 aliphatic rings. The highest BCUT2D eigenvalue weighted by atomic mass is 35.5. The van der Waals surface area contributed by atoms with Crippen LogP contribution in [0.25, 0.3) is 6.08 Å². The van der Waals surface area contributed by atoms with Crippen LogP contribution in [0.4, 0.5) is 5.69 Å². The van der Waals surface area contributed by atoms with Gasteiger partial charge in [-0.3, -0.25) is 9.69 Å². The van der Waals surface area contributed by atoms with E-state index in [1.54, 1.807) is 18.2 Å². The molecule has 0 spiro atoms. The van der Waals surface area contributed by atoms with Crippen molar-refractivity contribution in [3.63, 3.8) is 0 Å². The van der Waals surface area contributed by atoms with Crippen LogP contribution in [0.2, 0.25) is 10.0 Å². The second kappa shape index (κ2) is 9.09. The number of benzene rings is 2. The lowest BCUT2D eigenvalue weighted by atomic mass is 9.48. The van der Waals surface area contributed by atoms with Crippen LogP contribution in [-0.2, 0) is 10.2 Å². The summed E-state index contributed by atoms with van der Waals surface area (Å²) in [5, 5.41) is 0.836. The minimum atomic E-state index is -0.152. The number of amides is 1. The van der Waals surface area contributed by atoms with Crippen LogP contribution in [0.5, 0.6) is 5.75 Å². The van der Waals surface area contributed by atoms with Crippen LogP contribution >= 0.6 is 47.2 Å². The third-order valence-electron chi connectivity index (χ3n) is 8.20. The minimum absolute atomic E-state index is 0.152. The molecule has 1 amide bonds. The first-order valence-electron chi connectivity index (χ1n) is 12.4. The molecule has 3 nitrogen and oxygen atoms in total. The van der Waals surface area contributed by atoms with Crippen molar-refractivity contribution in [1.82, 2.24) is 0 Å². The van der Waals surface area contributed by atoms with Gasteiger partial charge in [0.05, 0.1) is 27.2 Å². The summed E-state index contributed by atoms with van der Waals surface area (Å²) in [7, 11) is 0. The second-order valence-corrected chi connectivity index (χ2v) is 13.0. The van der Waals surface area contributed by atoms with Crippen molar-refractivity contribution in [3.8, 4) is 5.75 Å². The fraction of sp³-hybridized carbons (Fsp3) is 0.429. The predicted molar refractivity (Wildman–Crippen MR) is 150 cm³/mol. The molecule has 0 unspecified atom stereocenters. The Morgan fingerprint density at radius 2 is 1.74 bits per heavy atom. The Morgan fingerprint density at radius 3 is 2.37 bits per heavy atom. The van der Waals surface area contributed by atoms with Crippen LogP contribution in [0.1, 0.15) is 56.6 Å². The lowest BCUT2D eigenvalue weighted by molar-refractivity contribution is -0.113. The molecule has 4 aliphatic carbocycles.